The molecule has 0 saturated carbocycles. The first-order valence-corrected chi connectivity index (χ1v) is 9.75. The van der Waals surface area contributed by atoms with Gasteiger partial charge in [-0.1, -0.05) is 19.9 Å². The maximum atomic E-state index is 13.6. The van der Waals surface area contributed by atoms with Crippen molar-refractivity contribution in [2.75, 3.05) is 7.11 Å². The number of rotatable bonds is 6. The number of amidine groups is 1. The number of halogens is 1. The molecule has 1 aromatic carbocycles. The van der Waals surface area contributed by atoms with E-state index in [2.05, 4.69) is 4.99 Å². The molecule has 0 radical (unpaired) electrons. The van der Waals surface area contributed by atoms with E-state index in [-0.39, 0.29) is 11.3 Å². The molecule has 2 rings (SSSR count). The van der Waals surface area contributed by atoms with Crippen LogP contribution in [0.4, 0.5) is 4.39 Å². The number of Topliss-reactive ketones (excluding diaryl/α,β-unsaturated/α-hetero) is 1. The van der Waals surface area contributed by atoms with E-state index in [1.807, 2.05) is 31.4 Å². The van der Waals surface area contributed by atoms with Gasteiger partial charge in [-0.25, -0.2) is 4.39 Å². The fraction of sp³-hybridized carbons (Fsp3) is 0.381. The van der Waals surface area contributed by atoms with Crippen molar-refractivity contribution in [1.82, 2.24) is 0 Å². The van der Waals surface area contributed by atoms with Crippen molar-refractivity contribution in [2.24, 2.45) is 10.7 Å². The van der Waals surface area contributed by atoms with E-state index < -0.39 is 17.5 Å². The topological polar surface area (TPSA) is 88.5 Å². The van der Waals surface area contributed by atoms with Crippen LogP contribution in [0.5, 0.6) is 0 Å². The standard InChI is InChI=1S/C19H20FN3O2S.C2H6/c1-11(24)18(25-4)19(3,23-12(2)22)17-8-15(10-26-17)13-5-6-16(20)14(7-13)9-21;1-2/h5-8,10,18H,1-4H3,(H2,22,23);1-2H3. The summed E-state index contributed by atoms with van der Waals surface area (Å²) in [5.74, 6) is -0.390. The third-order valence-electron chi connectivity index (χ3n) is 4.04. The number of nitrogens with two attached hydrogens (primary N) is 1. The summed E-state index contributed by atoms with van der Waals surface area (Å²) in [5, 5.41) is 10.9. The second-order valence-corrected chi connectivity index (χ2v) is 7.04. The zero-order valence-electron chi connectivity index (χ0n) is 17.0. The number of hydrogen-bond acceptors (Lipinski definition) is 5. The van der Waals surface area contributed by atoms with Crippen molar-refractivity contribution in [3.05, 3.63) is 45.9 Å². The zero-order chi connectivity index (χ0) is 21.5. The summed E-state index contributed by atoms with van der Waals surface area (Å²) in [4.78, 5) is 17.3. The molecule has 0 aliphatic heterocycles. The maximum Gasteiger partial charge on any atom is 0.161 e. The average molecular weight is 404 g/mol. The molecule has 0 aliphatic carbocycles. The van der Waals surface area contributed by atoms with Crippen LogP contribution in [-0.4, -0.2) is 24.8 Å². The van der Waals surface area contributed by atoms with E-state index in [0.29, 0.717) is 11.4 Å². The van der Waals surface area contributed by atoms with Crippen molar-refractivity contribution in [1.29, 1.82) is 5.26 Å². The molecular weight excluding hydrogens is 377 g/mol. The Hall–Kier alpha value is -2.56. The van der Waals surface area contributed by atoms with Crippen molar-refractivity contribution in [2.45, 2.75) is 46.3 Å². The SMILES string of the molecule is CC.COC(C(C)=O)C(C)(N=C(C)N)c1cc(-c2ccc(F)c(C#N)c2)cs1. The Morgan fingerprint density at radius 2 is 1.96 bits per heavy atom. The molecule has 5 nitrogen and oxygen atoms in total. The number of ketones is 1. The van der Waals surface area contributed by atoms with Crippen LogP contribution >= 0.6 is 11.3 Å². The van der Waals surface area contributed by atoms with Gasteiger partial charge in [0.2, 0.25) is 0 Å². The second kappa shape index (κ2) is 10.1. The van der Waals surface area contributed by atoms with E-state index in [4.69, 9.17) is 15.7 Å². The first kappa shape index (κ1) is 23.5. The molecule has 2 unspecified atom stereocenters. The van der Waals surface area contributed by atoms with Crippen LogP contribution in [0, 0.1) is 17.1 Å². The minimum Gasteiger partial charge on any atom is -0.388 e. The lowest BCUT2D eigenvalue weighted by atomic mass is 9.89. The fourth-order valence-corrected chi connectivity index (χ4v) is 3.99. The summed E-state index contributed by atoms with van der Waals surface area (Å²) in [6, 6.07) is 8.06. The summed E-state index contributed by atoms with van der Waals surface area (Å²) >= 11 is 1.40. The number of aliphatic imine (C=N–C) groups is 1. The lowest BCUT2D eigenvalue weighted by Crippen LogP contribution is -2.42. The number of hydrogen-bond donors (Lipinski definition) is 1. The number of ether oxygens (including phenoxy) is 1. The van der Waals surface area contributed by atoms with Crippen molar-refractivity contribution >= 4 is 23.0 Å². The summed E-state index contributed by atoms with van der Waals surface area (Å²) < 4.78 is 19.0. The number of carbonyl (C=O) groups is 1. The van der Waals surface area contributed by atoms with Crippen LogP contribution in [0.1, 0.15) is 45.1 Å². The van der Waals surface area contributed by atoms with Gasteiger partial charge in [-0.3, -0.25) is 9.79 Å². The van der Waals surface area contributed by atoms with Gasteiger partial charge in [0, 0.05) is 12.0 Å². The number of nitriles is 1. The lowest BCUT2D eigenvalue weighted by molar-refractivity contribution is -0.130. The number of methoxy groups -OCH3 is 1. The summed E-state index contributed by atoms with van der Waals surface area (Å²) in [5.41, 5.74) is 6.29. The van der Waals surface area contributed by atoms with Crippen LogP contribution in [0.3, 0.4) is 0 Å². The van der Waals surface area contributed by atoms with Gasteiger partial charge in [-0.15, -0.1) is 11.3 Å². The second-order valence-electron chi connectivity index (χ2n) is 6.13. The first-order valence-electron chi connectivity index (χ1n) is 8.87. The molecule has 1 heterocycles. The minimum atomic E-state index is -0.986. The molecule has 2 atom stereocenters. The number of nitrogens with zero attached hydrogens (tertiary/aromatic N) is 2. The predicted octanol–water partition coefficient (Wildman–Crippen LogP) is 4.65. The number of benzene rings is 1. The third-order valence-corrected chi connectivity index (χ3v) is 5.20. The summed E-state index contributed by atoms with van der Waals surface area (Å²) in [7, 11) is 1.46. The number of thiophene rings is 1. The molecule has 150 valence electrons. The molecule has 0 aliphatic rings. The minimum absolute atomic E-state index is 0.0210. The third kappa shape index (κ3) is 5.03. The van der Waals surface area contributed by atoms with Gasteiger partial charge in [-0.2, -0.15) is 5.26 Å². The molecule has 2 N–H and O–H groups in total. The molecule has 2 aromatic rings. The van der Waals surface area contributed by atoms with Crippen molar-refractivity contribution in [3.63, 3.8) is 0 Å². The highest BCUT2D eigenvalue weighted by atomic mass is 32.1. The van der Waals surface area contributed by atoms with Crippen LogP contribution in [0.2, 0.25) is 0 Å². The smallest absolute Gasteiger partial charge is 0.161 e. The molecule has 1 aromatic heterocycles. The van der Waals surface area contributed by atoms with Gasteiger partial charge < -0.3 is 10.5 Å². The fourth-order valence-electron chi connectivity index (χ4n) is 2.94. The predicted molar refractivity (Wildman–Crippen MR) is 112 cm³/mol. The molecule has 28 heavy (non-hydrogen) atoms. The van der Waals surface area contributed by atoms with Gasteiger partial charge in [0.05, 0.1) is 11.4 Å². The van der Waals surface area contributed by atoms with Gasteiger partial charge in [0.1, 0.15) is 23.5 Å². The Morgan fingerprint density at radius 3 is 2.46 bits per heavy atom. The zero-order valence-corrected chi connectivity index (χ0v) is 17.9. The highest BCUT2D eigenvalue weighted by Gasteiger charge is 2.40. The Morgan fingerprint density at radius 1 is 1.32 bits per heavy atom. The van der Waals surface area contributed by atoms with Crippen molar-refractivity contribution < 1.29 is 13.9 Å². The van der Waals surface area contributed by atoms with E-state index in [0.717, 1.165) is 10.4 Å². The van der Waals surface area contributed by atoms with Crippen LogP contribution < -0.4 is 5.73 Å². The Kier molecular flexibility index (Phi) is 8.48. The quantitative estimate of drug-likeness (QED) is 0.562. The number of carbonyl (C=O) groups excluding carboxylic acids is 1. The van der Waals surface area contributed by atoms with Gasteiger partial charge in [0.25, 0.3) is 0 Å². The maximum absolute atomic E-state index is 13.6. The molecule has 0 bridgehead atoms. The largest absolute Gasteiger partial charge is 0.388 e. The van der Waals surface area contributed by atoms with Gasteiger partial charge >= 0.3 is 0 Å². The van der Waals surface area contributed by atoms with E-state index in [1.54, 1.807) is 19.9 Å². The lowest BCUT2D eigenvalue weighted by Gasteiger charge is -2.31. The normalized spacial score (nSPS) is 14.3. The van der Waals surface area contributed by atoms with Gasteiger partial charge in [-0.05, 0) is 55.5 Å². The monoisotopic (exact) mass is 403 g/mol. The van der Waals surface area contributed by atoms with Crippen LogP contribution in [0.15, 0.2) is 34.6 Å². The van der Waals surface area contributed by atoms with Crippen LogP contribution in [-0.2, 0) is 15.1 Å². The van der Waals surface area contributed by atoms with E-state index >= 15 is 0 Å². The molecule has 0 fully saturated rings. The molecule has 0 spiro atoms. The van der Waals surface area contributed by atoms with E-state index in [1.165, 1.54) is 37.5 Å². The first-order chi connectivity index (χ1) is 13.2. The highest BCUT2D eigenvalue weighted by molar-refractivity contribution is 7.10. The van der Waals surface area contributed by atoms with E-state index in [9.17, 15) is 9.18 Å². The Bertz CT molecular complexity index is 897. The summed E-state index contributed by atoms with van der Waals surface area (Å²) in [6.45, 7) is 8.89. The molecular formula is C21H26FN3O2S. The molecule has 0 amide bonds. The summed E-state index contributed by atoms with van der Waals surface area (Å²) in [6.07, 6.45) is -0.796. The van der Waals surface area contributed by atoms with Crippen LogP contribution in [0.25, 0.3) is 11.1 Å². The molecule has 0 saturated heterocycles. The Balaban J connectivity index is 0.00000190. The Labute approximate surface area is 169 Å². The van der Waals surface area contributed by atoms with Crippen molar-refractivity contribution in [3.8, 4) is 17.2 Å². The van der Waals surface area contributed by atoms with Gasteiger partial charge in [0.15, 0.2) is 5.78 Å². The molecule has 7 heteroatoms. The average Bonchev–Trinajstić information content (AvgIpc) is 3.14. The highest BCUT2D eigenvalue weighted by Crippen LogP contribution is 2.39.